The number of carbonyl (C=O) groups is 1. The molecular weight excluding hydrogens is 396 g/mol. The molecule has 3 atom stereocenters. The number of carbonyl (C=O) groups excluding carboxylic acids is 1. The summed E-state index contributed by atoms with van der Waals surface area (Å²) in [7, 11) is -3.30. The normalized spacial score (nSPS) is 24.4. The van der Waals surface area contributed by atoms with E-state index < -0.39 is 10.0 Å². The van der Waals surface area contributed by atoms with Gasteiger partial charge in [0.25, 0.3) is 5.91 Å². The summed E-state index contributed by atoms with van der Waals surface area (Å²) < 4.78 is 25.0. The highest BCUT2D eigenvalue weighted by molar-refractivity contribution is 7.92. The Morgan fingerprint density at radius 1 is 1.21 bits per heavy atom. The van der Waals surface area contributed by atoms with Crippen molar-refractivity contribution in [1.82, 2.24) is 16.2 Å². The summed E-state index contributed by atoms with van der Waals surface area (Å²) in [5.41, 5.74) is 7.36. The Morgan fingerprint density at radius 3 is 2.68 bits per heavy atom. The topological polar surface area (TPSA) is 90.5 Å². The summed E-state index contributed by atoms with van der Waals surface area (Å²) in [5.74, 6) is 0.870. The summed E-state index contributed by atoms with van der Waals surface area (Å²) >= 11 is 5.32. The zero-order valence-electron chi connectivity index (χ0n) is 16.5. The zero-order chi connectivity index (χ0) is 20.5. The molecule has 28 heavy (non-hydrogen) atoms. The first-order valence-corrected chi connectivity index (χ1v) is 11.9. The molecule has 1 aliphatic carbocycles. The number of hydrogen-bond donors (Lipinski definition) is 3. The summed E-state index contributed by atoms with van der Waals surface area (Å²) in [6.07, 6.45) is 5.27. The number of hydrazine groups is 1. The van der Waals surface area contributed by atoms with E-state index in [0.29, 0.717) is 47.2 Å². The summed E-state index contributed by atoms with van der Waals surface area (Å²) in [6.45, 7) is 4.89. The number of thiocarbonyl (C=S) groups is 1. The number of benzene rings is 1. The number of rotatable bonds is 3. The van der Waals surface area contributed by atoms with Gasteiger partial charge in [-0.05, 0) is 60.7 Å². The van der Waals surface area contributed by atoms with Crippen molar-refractivity contribution >= 4 is 38.9 Å². The molecule has 7 nitrogen and oxygen atoms in total. The Hall–Kier alpha value is -1.87. The molecule has 3 rings (SSSR count). The molecule has 1 saturated carbocycles. The van der Waals surface area contributed by atoms with Gasteiger partial charge in [-0.3, -0.25) is 20.0 Å². The van der Waals surface area contributed by atoms with Crippen LogP contribution in [0.2, 0.25) is 0 Å². The van der Waals surface area contributed by atoms with Crippen LogP contribution >= 0.6 is 12.2 Å². The van der Waals surface area contributed by atoms with Gasteiger partial charge >= 0.3 is 0 Å². The van der Waals surface area contributed by atoms with Gasteiger partial charge in [0.15, 0.2) is 5.11 Å². The lowest BCUT2D eigenvalue weighted by Crippen LogP contribution is -2.52. The number of nitrogens with one attached hydrogen (secondary N) is 3. The molecule has 1 aliphatic heterocycles. The molecule has 0 saturated heterocycles. The lowest BCUT2D eigenvalue weighted by molar-refractivity contribution is 0.0943. The minimum absolute atomic E-state index is 0.308. The van der Waals surface area contributed by atoms with Crippen LogP contribution in [0, 0.1) is 11.8 Å². The van der Waals surface area contributed by atoms with Crippen molar-refractivity contribution in [3.63, 3.8) is 0 Å². The van der Waals surface area contributed by atoms with E-state index in [1.807, 2.05) is 0 Å². The molecule has 0 spiro atoms. The summed E-state index contributed by atoms with van der Waals surface area (Å²) in [5, 5.41) is 3.71. The SMILES string of the molecule is C[C@@H]1[C@H](C)CCC[C@H]1NC(=S)NNC(=O)c1ccc2c(c1)CCN2S(C)(=O)=O. The predicted molar refractivity (Wildman–Crippen MR) is 115 cm³/mol. The molecule has 0 unspecified atom stereocenters. The molecule has 1 heterocycles. The first-order valence-electron chi connectivity index (χ1n) is 9.64. The third-order valence-corrected chi connectivity index (χ3v) is 7.31. The summed E-state index contributed by atoms with van der Waals surface area (Å²) in [6, 6.07) is 5.35. The number of nitrogens with zero attached hydrogens (tertiary/aromatic N) is 1. The third kappa shape index (κ3) is 4.57. The molecule has 1 fully saturated rings. The van der Waals surface area contributed by atoms with Gasteiger partial charge in [-0.1, -0.05) is 26.7 Å². The van der Waals surface area contributed by atoms with Crippen LogP contribution in [0.3, 0.4) is 0 Å². The van der Waals surface area contributed by atoms with Gasteiger partial charge in [0.05, 0.1) is 11.9 Å². The van der Waals surface area contributed by atoms with E-state index in [-0.39, 0.29) is 5.91 Å². The fraction of sp³-hybridized carbons (Fsp3) is 0.579. The lowest BCUT2D eigenvalue weighted by atomic mass is 9.78. The first kappa shape index (κ1) is 20.9. The van der Waals surface area contributed by atoms with E-state index in [9.17, 15) is 13.2 Å². The molecule has 9 heteroatoms. The van der Waals surface area contributed by atoms with Gasteiger partial charge in [0.2, 0.25) is 10.0 Å². The zero-order valence-corrected chi connectivity index (χ0v) is 18.1. The Kier molecular flexibility index (Phi) is 6.14. The van der Waals surface area contributed by atoms with Crippen LogP contribution in [-0.4, -0.2) is 38.3 Å². The number of anilines is 1. The molecular formula is C19H28N4O3S2. The second-order valence-electron chi connectivity index (χ2n) is 7.86. The van der Waals surface area contributed by atoms with Crippen LogP contribution in [0.15, 0.2) is 18.2 Å². The van der Waals surface area contributed by atoms with E-state index in [2.05, 4.69) is 30.0 Å². The minimum atomic E-state index is -3.30. The Bertz CT molecular complexity index is 872. The molecule has 0 bridgehead atoms. The predicted octanol–water partition coefficient (Wildman–Crippen LogP) is 1.94. The van der Waals surface area contributed by atoms with E-state index in [1.54, 1.807) is 18.2 Å². The van der Waals surface area contributed by atoms with Crippen molar-refractivity contribution in [2.75, 3.05) is 17.1 Å². The second kappa shape index (κ2) is 8.24. The minimum Gasteiger partial charge on any atom is -0.358 e. The molecule has 2 aliphatic rings. The van der Waals surface area contributed by atoms with Crippen molar-refractivity contribution in [2.45, 2.75) is 45.6 Å². The standard InChI is InChI=1S/C19H28N4O3S2/c1-12-5-4-6-16(13(12)2)20-19(27)22-21-18(24)15-7-8-17-14(11-15)9-10-23(17)28(3,25)26/h7-8,11-13,16H,4-6,9-10H2,1-3H3,(H,21,24)(H2,20,22,27)/t12-,13-,16-/m1/s1. The fourth-order valence-electron chi connectivity index (χ4n) is 4.03. The van der Waals surface area contributed by atoms with E-state index in [0.717, 1.165) is 12.0 Å². The van der Waals surface area contributed by atoms with Gasteiger partial charge in [0.1, 0.15) is 0 Å². The van der Waals surface area contributed by atoms with Gasteiger partial charge in [-0.25, -0.2) is 8.42 Å². The van der Waals surface area contributed by atoms with Crippen LogP contribution < -0.4 is 20.5 Å². The maximum Gasteiger partial charge on any atom is 0.269 e. The Labute approximate surface area is 172 Å². The van der Waals surface area contributed by atoms with E-state index in [4.69, 9.17) is 12.2 Å². The number of hydrogen-bond acceptors (Lipinski definition) is 4. The fourth-order valence-corrected chi connectivity index (χ4v) is 5.19. The van der Waals surface area contributed by atoms with Crippen molar-refractivity contribution in [3.05, 3.63) is 29.3 Å². The molecule has 0 radical (unpaired) electrons. The lowest BCUT2D eigenvalue weighted by Gasteiger charge is -2.35. The average molecular weight is 425 g/mol. The van der Waals surface area contributed by atoms with Crippen molar-refractivity contribution < 1.29 is 13.2 Å². The van der Waals surface area contributed by atoms with Crippen molar-refractivity contribution in [3.8, 4) is 0 Å². The monoisotopic (exact) mass is 424 g/mol. The molecule has 154 valence electrons. The number of fused-ring (bicyclic) bond motifs is 1. The second-order valence-corrected chi connectivity index (χ2v) is 10.2. The van der Waals surface area contributed by atoms with Crippen LogP contribution in [0.4, 0.5) is 5.69 Å². The number of amides is 1. The first-order chi connectivity index (χ1) is 13.2. The van der Waals surface area contributed by atoms with Gasteiger partial charge in [-0.2, -0.15) is 0 Å². The average Bonchev–Trinajstić information content (AvgIpc) is 3.07. The van der Waals surface area contributed by atoms with E-state index >= 15 is 0 Å². The highest BCUT2D eigenvalue weighted by atomic mass is 32.2. The molecule has 3 N–H and O–H groups in total. The van der Waals surface area contributed by atoms with E-state index in [1.165, 1.54) is 23.4 Å². The maximum atomic E-state index is 12.4. The van der Waals surface area contributed by atoms with Gasteiger partial charge in [-0.15, -0.1) is 0 Å². The van der Waals surface area contributed by atoms with Crippen LogP contribution in [0.25, 0.3) is 0 Å². The quantitative estimate of drug-likeness (QED) is 0.508. The Morgan fingerprint density at radius 2 is 1.96 bits per heavy atom. The number of sulfonamides is 1. The van der Waals surface area contributed by atoms with Gasteiger partial charge < -0.3 is 5.32 Å². The van der Waals surface area contributed by atoms with Crippen molar-refractivity contribution in [1.29, 1.82) is 0 Å². The van der Waals surface area contributed by atoms with Gasteiger partial charge in [0, 0.05) is 18.2 Å². The molecule has 0 aromatic heterocycles. The van der Waals surface area contributed by atoms with Crippen LogP contribution in [0.5, 0.6) is 0 Å². The largest absolute Gasteiger partial charge is 0.358 e. The third-order valence-electron chi connectivity index (χ3n) is 5.91. The Balaban J connectivity index is 1.56. The maximum absolute atomic E-state index is 12.4. The van der Waals surface area contributed by atoms with Crippen LogP contribution in [-0.2, 0) is 16.4 Å². The highest BCUT2D eigenvalue weighted by Gasteiger charge is 2.28. The van der Waals surface area contributed by atoms with Crippen LogP contribution in [0.1, 0.15) is 49.0 Å². The smallest absolute Gasteiger partial charge is 0.269 e. The summed E-state index contributed by atoms with van der Waals surface area (Å²) in [4.78, 5) is 12.4. The molecule has 1 aromatic rings. The molecule has 1 aromatic carbocycles. The highest BCUT2D eigenvalue weighted by Crippen LogP contribution is 2.31. The molecule has 1 amide bonds. The van der Waals surface area contributed by atoms with Crippen molar-refractivity contribution in [2.24, 2.45) is 11.8 Å².